The quantitative estimate of drug-likeness (QED) is 0.663. The zero-order valence-electron chi connectivity index (χ0n) is 10.7. The molecule has 0 radical (unpaired) electrons. The van der Waals surface area contributed by atoms with Crippen LogP contribution in [0.1, 0.15) is 52.9 Å². The lowest BCUT2D eigenvalue weighted by Gasteiger charge is -2.22. The van der Waals surface area contributed by atoms with Gasteiger partial charge in [-0.15, -0.1) is 0 Å². The first-order valence-electron chi connectivity index (χ1n) is 6.16. The van der Waals surface area contributed by atoms with Gasteiger partial charge in [-0.3, -0.25) is 4.21 Å². The molecule has 3 heteroatoms. The van der Waals surface area contributed by atoms with Crippen LogP contribution in [-0.4, -0.2) is 28.3 Å². The first-order valence-corrected chi connectivity index (χ1v) is 7.88. The summed E-state index contributed by atoms with van der Waals surface area (Å²) in [6, 6.07) is 1.15. The van der Waals surface area contributed by atoms with E-state index in [-0.39, 0.29) is 0 Å². The molecule has 2 unspecified atom stereocenters. The Balaban J connectivity index is 3.76. The Morgan fingerprint density at radius 2 is 1.67 bits per heavy atom. The molecular weight excluding hydrogens is 206 g/mol. The molecular formula is C12H27NOS. The van der Waals surface area contributed by atoms with E-state index < -0.39 is 10.8 Å². The van der Waals surface area contributed by atoms with E-state index in [1.807, 2.05) is 0 Å². The monoisotopic (exact) mass is 233 g/mol. The largest absolute Gasteiger partial charge is 0.311 e. The molecule has 0 aliphatic rings. The van der Waals surface area contributed by atoms with Gasteiger partial charge in [0.2, 0.25) is 0 Å². The molecule has 92 valence electrons. The fraction of sp³-hybridized carbons (Fsp3) is 1.00. The average molecular weight is 233 g/mol. The highest BCUT2D eigenvalue weighted by Gasteiger charge is 2.10. The zero-order chi connectivity index (χ0) is 11.7. The van der Waals surface area contributed by atoms with Gasteiger partial charge >= 0.3 is 0 Å². The smallest absolute Gasteiger partial charge is 0.0246 e. The van der Waals surface area contributed by atoms with Crippen LogP contribution in [0.2, 0.25) is 0 Å². The molecule has 0 rings (SSSR count). The summed E-state index contributed by atoms with van der Waals surface area (Å²) in [4.78, 5) is 0. The van der Waals surface area contributed by atoms with Crippen LogP contribution >= 0.6 is 0 Å². The number of hydrogen-bond donors (Lipinski definition) is 1. The fourth-order valence-electron chi connectivity index (χ4n) is 1.84. The van der Waals surface area contributed by atoms with Gasteiger partial charge in [0.05, 0.1) is 0 Å². The summed E-state index contributed by atoms with van der Waals surface area (Å²) >= 11 is 0. The van der Waals surface area contributed by atoms with Crippen LogP contribution in [0.5, 0.6) is 0 Å². The van der Waals surface area contributed by atoms with Gasteiger partial charge in [0.25, 0.3) is 0 Å². The summed E-state index contributed by atoms with van der Waals surface area (Å²) in [7, 11) is -0.648. The van der Waals surface area contributed by atoms with E-state index in [2.05, 4.69) is 26.1 Å². The van der Waals surface area contributed by atoms with Crippen LogP contribution in [-0.2, 0) is 10.8 Å². The first kappa shape index (κ1) is 15.1. The lowest BCUT2D eigenvalue weighted by Crippen LogP contribution is -2.37. The third-order valence-corrected chi connectivity index (χ3v) is 3.44. The van der Waals surface area contributed by atoms with Crippen molar-refractivity contribution in [2.24, 2.45) is 0 Å². The van der Waals surface area contributed by atoms with Crippen LogP contribution < -0.4 is 5.32 Å². The highest BCUT2D eigenvalue weighted by atomic mass is 32.2. The lowest BCUT2D eigenvalue weighted by atomic mass is 10.1. The van der Waals surface area contributed by atoms with Crippen molar-refractivity contribution < 1.29 is 4.21 Å². The van der Waals surface area contributed by atoms with E-state index in [4.69, 9.17) is 0 Å². The molecule has 0 fully saturated rings. The van der Waals surface area contributed by atoms with E-state index in [0.29, 0.717) is 12.1 Å². The molecule has 1 N–H and O–H groups in total. The lowest BCUT2D eigenvalue weighted by molar-refractivity contribution is 0.392. The molecule has 0 aromatic rings. The topological polar surface area (TPSA) is 29.1 Å². The second kappa shape index (κ2) is 9.34. The summed E-state index contributed by atoms with van der Waals surface area (Å²) in [6.07, 6.45) is 7.80. The van der Waals surface area contributed by atoms with Crippen LogP contribution in [0.25, 0.3) is 0 Å². The normalized spacial score (nSPS) is 15.5. The minimum absolute atomic E-state index is 0.497. The van der Waals surface area contributed by atoms with E-state index in [0.717, 1.165) is 12.2 Å². The molecule has 0 aliphatic carbocycles. The summed E-state index contributed by atoms with van der Waals surface area (Å²) in [6.45, 7) is 6.66. The summed E-state index contributed by atoms with van der Waals surface area (Å²) in [5, 5.41) is 3.64. The fourth-order valence-corrected chi connectivity index (χ4v) is 2.52. The Bertz CT molecular complexity index is 167. The van der Waals surface area contributed by atoms with Crippen molar-refractivity contribution in [1.82, 2.24) is 5.32 Å². The minimum Gasteiger partial charge on any atom is -0.311 e. The maximum Gasteiger partial charge on any atom is 0.0246 e. The molecule has 0 aromatic carbocycles. The molecule has 2 atom stereocenters. The van der Waals surface area contributed by atoms with Crippen molar-refractivity contribution >= 4 is 10.8 Å². The minimum atomic E-state index is -0.648. The molecule has 2 nitrogen and oxygen atoms in total. The maximum absolute atomic E-state index is 11.0. The van der Waals surface area contributed by atoms with E-state index in [9.17, 15) is 4.21 Å². The molecule has 0 bridgehead atoms. The van der Waals surface area contributed by atoms with Gasteiger partial charge in [0.15, 0.2) is 0 Å². The summed E-state index contributed by atoms with van der Waals surface area (Å²) in [5.74, 6) is 0.819. The Morgan fingerprint density at radius 1 is 1.13 bits per heavy atom. The Kier molecular flexibility index (Phi) is 9.41. The van der Waals surface area contributed by atoms with Gasteiger partial charge in [-0.2, -0.15) is 0 Å². The van der Waals surface area contributed by atoms with E-state index >= 15 is 0 Å². The Morgan fingerprint density at radius 3 is 2.07 bits per heavy atom. The van der Waals surface area contributed by atoms with Gasteiger partial charge in [-0.25, -0.2) is 0 Å². The highest BCUT2D eigenvalue weighted by Crippen LogP contribution is 2.06. The molecule has 15 heavy (non-hydrogen) atoms. The molecule has 0 aliphatic heterocycles. The van der Waals surface area contributed by atoms with Crippen LogP contribution in [0, 0.1) is 0 Å². The van der Waals surface area contributed by atoms with E-state index in [1.54, 1.807) is 6.26 Å². The zero-order valence-corrected chi connectivity index (χ0v) is 11.5. The van der Waals surface area contributed by atoms with Crippen molar-refractivity contribution in [1.29, 1.82) is 0 Å². The SMILES string of the molecule is CCCC(CCC)NC(C)CCS(C)=O. The Labute approximate surface area is 97.7 Å². The molecule has 0 saturated carbocycles. The second-order valence-corrected chi connectivity index (χ2v) is 5.96. The van der Waals surface area contributed by atoms with Crippen molar-refractivity contribution in [2.75, 3.05) is 12.0 Å². The van der Waals surface area contributed by atoms with Crippen molar-refractivity contribution in [2.45, 2.75) is 65.0 Å². The van der Waals surface area contributed by atoms with Crippen LogP contribution in [0.4, 0.5) is 0 Å². The maximum atomic E-state index is 11.0. The summed E-state index contributed by atoms with van der Waals surface area (Å²) < 4.78 is 11.0. The van der Waals surface area contributed by atoms with Gasteiger partial charge in [-0.05, 0) is 26.2 Å². The molecule has 0 aromatic heterocycles. The number of nitrogens with one attached hydrogen (secondary N) is 1. The van der Waals surface area contributed by atoms with Crippen molar-refractivity contribution in [3.8, 4) is 0 Å². The molecule has 0 spiro atoms. The molecule has 0 amide bonds. The molecule has 0 heterocycles. The second-order valence-electron chi connectivity index (χ2n) is 4.41. The third-order valence-electron chi connectivity index (χ3n) is 2.63. The number of hydrogen-bond acceptors (Lipinski definition) is 2. The first-order chi connectivity index (χ1) is 7.10. The standard InChI is InChI=1S/C12H27NOS/c1-5-7-12(8-6-2)13-11(3)9-10-15(4)14/h11-13H,5-10H2,1-4H3. The Hall–Kier alpha value is 0.110. The van der Waals surface area contributed by atoms with Gasteiger partial charge in [0.1, 0.15) is 0 Å². The van der Waals surface area contributed by atoms with Crippen LogP contribution in [0.15, 0.2) is 0 Å². The van der Waals surface area contributed by atoms with Gasteiger partial charge < -0.3 is 5.32 Å². The number of rotatable bonds is 9. The van der Waals surface area contributed by atoms with Crippen molar-refractivity contribution in [3.63, 3.8) is 0 Å². The van der Waals surface area contributed by atoms with Crippen molar-refractivity contribution in [3.05, 3.63) is 0 Å². The van der Waals surface area contributed by atoms with Gasteiger partial charge in [-0.1, -0.05) is 26.7 Å². The van der Waals surface area contributed by atoms with Gasteiger partial charge in [0, 0.05) is 34.9 Å². The predicted octanol–water partition coefficient (Wildman–Crippen LogP) is 2.70. The predicted molar refractivity (Wildman–Crippen MR) is 69.8 cm³/mol. The van der Waals surface area contributed by atoms with Crippen LogP contribution in [0.3, 0.4) is 0 Å². The highest BCUT2D eigenvalue weighted by molar-refractivity contribution is 7.84. The summed E-state index contributed by atoms with van der Waals surface area (Å²) in [5.41, 5.74) is 0. The van der Waals surface area contributed by atoms with E-state index in [1.165, 1.54) is 25.7 Å². The third kappa shape index (κ3) is 9.06. The molecule has 0 saturated heterocycles. The average Bonchev–Trinajstić information content (AvgIpc) is 2.15.